The van der Waals surface area contributed by atoms with Crippen molar-refractivity contribution in [2.45, 2.75) is 68.3 Å². The number of ether oxygens (including phenoxy) is 1. The number of carbonyl (C=O) groups excluding carboxylic acids is 4. The molecule has 5 N–H and O–H groups in total. The van der Waals surface area contributed by atoms with Crippen LogP contribution in [0.15, 0.2) is 77.8 Å². The lowest BCUT2D eigenvalue weighted by molar-refractivity contribution is -0.147. The van der Waals surface area contributed by atoms with Gasteiger partial charge in [0, 0.05) is 43.0 Å². The number of esters is 1. The van der Waals surface area contributed by atoms with E-state index in [0.29, 0.717) is 23.4 Å². The van der Waals surface area contributed by atoms with Gasteiger partial charge in [-0.2, -0.15) is 0 Å². The smallest absolute Gasteiger partial charge is 0.329 e. The second-order valence-electron chi connectivity index (χ2n) is 12.9. The summed E-state index contributed by atoms with van der Waals surface area (Å²) in [5.74, 6) is -5.31. The molecule has 3 aromatic carbocycles. The Morgan fingerprint density at radius 2 is 1.52 bits per heavy atom. The Morgan fingerprint density at radius 1 is 0.865 bits per heavy atom. The summed E-state index contributed by atoms with van der Waals surface area (Å²) in [6.45, 7) is 0.143. The molecule has 3 amide bonds. The summed E-state index contributed by atoms with van der Waals surface area (Å²) in [4.78, 5) is 50.6. The first kappa shape index (κ1) is 37.9. The van der Waals surface area contributed by atoms with E-state index < -0.39 is 50.8 Å². The Bertz CT molecular complexity index is 1890. The molecule has 52 heavy (non-hydrogen) atoms. The van der Waals surface area contributed by atoms with Crippen molar-refractivity contribution >= 4 is 45.1 Å². The number of hydrogen-bond donors (Lipinski definition) is 5. The summed E-state index contributed by atoms with van der Waals surface area (Å²) in [6.07, 6.45) is 9.39. The van der Waals surface area contributed by atoms with E-state index in [0.717, 1.165) is 44.9 Å². The number of nitrogens with one attached hydrogen (secondary N) is 5. The molecule has 276 valence electrons. The third-order valence-corrected chi connectivity index (χ3v) is 10.1. The molecule has 5 rings (SSSR count). The van der Waals surface area contributed by atoms with Crippen LogP contribution < -0.4 is 26.0 Å². The maximum Gasteiger partial charge on any atom is 0.329 e. The molecule has 0 unspecified atom stereocenters. The number of benzene rings is 3. The van der Waals surface area contributed by atoms with Crippen molar-refractivity contribution in [2.24, 2.45) is 5.92 Å². The lowest BCUT2D eigenvalue weighted by Gasteiger charge is -2.23. The summed E-state index contributed by atoms with van der Waals surface area (Å²) in [7, 11) is -2.68. The number of amides is 3. The maximum atomic E-state index is 15.3. The molecule has 3 aromatic rings. The van der Waals surface area contributed by atoms with Crippen LogP contribution in [0, 0.1) is 17.6 Å². The predicted molar refractivity (Wildman–Crippen MR) is 190 cm³/mol. The monoisotopic (exact) mass is 737 g/mol. The summed E-state index contributed by atoms with van der Waals surface area (Å²) in [6, 6.07) is 11.6. The highest BCUT2D eigenvalue weighted by Gasteiger charge is 2.29. The lowest BCUT2D eigenvalue weighted by atomic mass is 9.90. The van der Waals surface area contributed by atoms with Crippen LogP contribution in [-0.4, -0.2) is 57.8 Å². The number of carbonyl (C=O) groups is 4. The minimum absolute atomic E-state index is 0.0920. The lowest BCUT2D eigenvalue weighted by Crippen LogP contribution is -2.44. The van der Waals surface area contributed by atoms with Crippen LogP contribution in [0.3, 0.4) is 0 Å². The molecule has 0 aromatic heterocycles. The average Bonchev–Trinajstić information content (AvgIpc) is 3.94. The van der Waals surface area contributed by atoms with Gasteiger partial charge in [0.1, 0.15) is 23.2 Å². The zero-order valence-corrected chi connectivity index (χ0v) is 29.4. The highest BCUT2D eigenvalue weighted by molar-refractivity contribution is 7.92. The summed E-state index contributed by atoms with van der Waals surface area (Å²) < 4.78 is 64.3. The van der Waals surface area contributed by atoms with E-state index in [4.69, 9.17) is 4.74 Å². The minimum Gasteiger partial charge on any atom is -0.464 e. The maximum absolute atomic E-state index is 15.3. The first-order valence-corrected chi connectivity index (χ1v) is 18.5. The van der Waals surface area contributed by atoms with Gasteiger partial charge in [0.2, 0.25) is 5.91 Å². The average molecular weight is 738 g/mol. The van der Waals surface area contributed by atoms with Gasteiger partial charge >= 0.3 is 5.97 Å². The Hall–Kier alpha value is -5.31. The Kier molecular flexibility index (Phi) is 12.6. The molecule has 1 atom stereocenters. The van der Waals surface area contributed by atoms with Gasteiger partial charge in [-0.05, 0) is 85.7 Å². The van der Waals surface area contributed by atoms with Crippen molar-refractivity contribution in [1.82, 2.24) is 16.0 Å². The van der Waals surface area contributed by atoms with Gasteiger partial charge in [-0.3, -0.25) is 19.1 Å². The van der Waals surface area contributed by atoms with Gasteiger partial charge in [0.05, 0.1) is 17.2 Å². The Balaban J connectivity index is 1.28. The fourth-order valence-corrected chi connectivity index (χ4v) is 6.77. The summed E-state index contributed by atoms with van der Waals surface area (Å²) >= 11 is 0. The van der Waals surface area contributed by atoms with Gasteiger partial charge in [-0.1, -0.05) is 31.4 Å². The number of rotatable bonds is 15. The quantitative estimate of drug-likeness (QED) is 0.109. The largest absolute Gasteiger partial charge is 0.464 e. The van der Waals surface area contributed by atoms with Crippen molar-refractivity contribution < 1.29 is 41.1 Å². The van der Waals surface area contributed by atoms with Gasteiger partial charge in [-0.25, -0.2) is 22.0 Å². The third-order valence-electron chi connectivity index (χ3n) is 8.70. The second kappa shape index (κ2) is 17.3. The molecule has 15 heteroatoms. The first-order valence-electron chi connectivity index (χ1n) is 17.1. The molecule has 12 nitrogen and oxygen atoms in total. The molecule has 0 saturated heterocycles. The number of halogens is 2. The van der Waals surface area contributed by atoms with Crippen LogP contribution in [0.25, 0.3) is 0 Å². The second-order valence-corrected chi connectivity index (χ2v) is 14.5. The van der Waals surface area contributed by atoms with Crippen LogP contribution in [0.1, 0.15) is 71.2 Å². The van der Waals surface area contributed by atoms with Gasteiger partial charge in [0.15, 0.2) is 0 Å². The molecule has 2 aliphatic rings. The SMILES string of the molecule is CN/C=C\C(=O)Nc1ccc(C[C@H](NC(=O)c2c(F)cc(NS(=O)(=O)c3ccc(C(=O)NC4CC4)cc3)cc2F)C(=O)OCC2CCCCC2)cc1. The molecule has 0 bridgehead atoms. The van der Waals surface area contributed by atoms with Crippen molar-refractivity contribution in [3.63, 3.8) is 0 Å². The zero-order valence-electron chi connectivity index (χ0n) is 28.5. The van der Waals surface area contributed by atoms with E-state index in [1.807, 2.05) is 0 Å². The molecule has 0 spiro atoms. The predicted octanol–water partition coefficient (Wildman–Crippen LogP) is 4.79. The molecular weight excluding hydrogens is 696 g/mol. The van der Waals surface area contributed by atoms with Crippen LogP contribution in [-0.2, 0) is 30.8 Å². The van der Waals surface area contributed by atoms with Crippen LogP contribution >= 0.6 is 0 Å². The fourth-order valence-electron chi connectivity index (χ4n) is 5.73. The van der Waals surface area contributed by atoms with E-state index in [2.05, 4.69) is 26.0 Å². The van der Waals surface area contributed by atoms with Crippen molar-refractivity contribution in [1.29, 1.82) is 0 Å². The van der Waals surface area contributed by atoms with Gasteiger partial charge in [0.25, 0.3) is 21.8 Å². The normalized spacial score (nSPS) is 15.4. The number of hydrogen-bond acceptors (Lipinski definition) is 8. The van der Waals surface area contributed by atoms with Crippen molar-refractivity contribution in [2.75, 3.05) is 23.7 Å². The molecule has 2 saturated carbocycles. The van der Waals surface area contributed by atoms with Gasteiger partial charge in [-0.15, -0.1) is 0 Å². The summed E-state index contributed by atoms with van der Waals surface area (Å²) in [5.41, 5.74) is -0.214. The first-order chi connectivity index (χ1) is 24.9. The van der Waals surface area contributed by atoms with Crippen LogP contribution in [0.5, 0.6) is 0 Å². The summed E-state index contributed by atoms with van der Waals surface area (Å²) in [5, 5.41) is 10.6. The minimum atomic E-state index is -4.33. The van der Waals surface area contributed by atoms with E-state index in [9.17, 15) is 27.6 Å². The van der Waals surface area contributed by atoms with E-state index in [1.165, 1.54) is 36.5 Å². The molecule has 0 aliphatic heterocycles. The molecule has 2 aliphatic carbocycles. The number of sulfonamides is 1. The molecule has 0 radical (unpaired) electrons. The van der Waals surface area contributed by atoms with Crippen molar-refractivity contribution in [3.05, 3.63) is 101 Å². The topological polar surface area (TPSA) is 172 Å². The standard InChI is InChI=1S/C37H41F2N5O7S/c1-40-18-17-33(45)41-26-11-7-23(8-12-26)19-32(37(48)51-22-24-5-3-2-4-6-24)43-36(47)34-30(38)20-28(21-31(34)39)44-52(49,50)29-15-9-25(10-16-29)35(46)42-27-13-14-27/h7-12,15-18,20-21,24,27,32,40,44H,2-6,13-14,19,22H2,1H3,(H,41,45)(H,42,46)(H,43,47)/b18-17-/t32-/m0/s1. The van der Waals surface area contributed by atoms with E-state index in [-0.39, 0.29) is 47.3 Å². The van der Waals surface area contributed by atoms with E-state index in [1.54, 1.807) is 31.3 Å². The fraction of sp³-hybridized carbons (Fsp3) is 0.351. The molecule has 2 fully saturated rings. The van der Waals surface area contributed by atoms with Gasteiger partial charge < -0.3 is 26.0 Å². The Labute approximate surface area is 300 Å². The highest BCUT2D eigenvalue weighted by atomic mass is 32.2. The van der Waals surface area contributed by atoms with Crippen molar-refractivity contribution in [3.8, 4) is 0 Å². The number of anilines is 2. The van der Waals surface area contributed by atoms with Crippen LogP contribution in [0.2, 0.25) is 0 Å². The third kappa shape index (κ3) is 10.6. The Morgan fingerprint density at radius 3 is 2.13 bits per heavy atom. The van der Waals surface area contributed by atoms with E-state index >= 15 is 8.78 Å². The zero-order chi connectivity index (χ0) is 37.3. The molecule has 0 heterocycles. The highest BCUT2D eigenvalue weighted by Crippen LogP contribution is 2.25. The molecular formula is C37H41F2N5O7S. The van der Waals surface area contributed by atoms with Crippen LogP contribution in [0.4, 0.5) is 20.2 Å².